The van der Waals surface area contributed by atoms with Crippen LogP contribution in [0.3, 0.4) is 0 Å². The molecule has 7 nitrogen and oxygen atoms in total. The fourth-order valence-electron chi connectivity index (χ4n) is 6.13. The molecule has 1 N–H and O–H groups in total. The maximum atomic E-state index is 13.2. The van der Waals surface area contributed by atoms with E-state index in [1.807, 2.05) is 17.0 Å². The van der Waals surface area contributed by atoms with Gasteiger partial charge in [0.1, 0.15) is 17.5 Å². The zero-order valence-corrected chi connectivity index (χ0v) is 21.2. The monoisotopic (exact) mass is 496 g/mol. The Balaban J connectivity index is 1.04. The molecule has 1 amide bonds. The van der Waals surface area contributed by atoms with E-state index in [0.29, 0.717) is 22.6 Å². The first-order valence-corrected chi connectivity index (χ1v) is 13.6. The van der Waals surface area contributed by atoms with Gasteiger partial charge in [0, 0.05) is 51.2 Å². The first-order chi connectivity index (χ1) is 17.0. The number of likely N-dealkylation sites (tertiary alicyclic amines) is 1. The molecule has 4 fully saturated rings. The Hall–Kier alpha value is -2.37. The van der Waals surface area contributed by atoms with E-state index in [0.717, 1.165) is 96.4 Å². The fraction of sp³-hybridized carbons (Fsp3) is 0.667. The van der Waals surface area contributed by atoms with E-state index >= 15 is 0 Å². The van der Waals surface area contributed by atoms with Crippen molar-refractivity contribution >= 4 is 23.3 Å². The number of carbonyl (C=O) groups excluding carboxylic acids is 1. The van der Waals surface area contributed by atoms with Crippen LogP contribution in [0.5, 0.6) is 5.75 Å². The number of thiocarbonyl (C=S) groups is 1. The number of carbonyl (C=O) groups is 1. The minimum absolute atomic E-state index is 0.0780. The second-order valence-corrected chi connectivity index (χ2v) is 11.0. The van der Waals surface area contributed by atoms with E-state index in [-0.39, 0.29) is 17.6 Å². The molecule has 0 radical (unpaired) electrons. The molecule has 0 bridgehead atoms. The zero-order valence-electron chi connectivity index (χ0n) is 20.4. The Morgan fingerprint density at radius 1 is 1.11 bits per heavy atom. The number of amides is 1. The van der Waals surface area contributed by atoms with Gasteiger partial charge in [0.05, 0.1) is 18.2 Å². The Kier molecular flexibility index (Phi) is 7.45. The first kappa shape index (κ1) is 24.3. The van der Waals surface area contributed by atoms with Gasteiger partial charge in [0.2, 0.25) is 5.91 Å². The number of rotatable bonds is 5. The molecule has 0 atom stereocenters. The summed E-state index contributed by atoms with van der Waals surface area (Å²) in [6.45, 7) is 5.41. The second kappa shape index (κ2) is 10.7. The lowest BCUT2D eigenvalue weighted by Crippen LogP contribution is -2.46. The number of nitrogens with one attached hydrogen (secondary N) is 1. The third-order valence-corrected chi connectivity index (χ3v) is 8.61. The van der Waals surface area contributed by atoms with Crippen LogP contribution in [0, 0.1) is 23.2 Å². The number of benzene rings is 1. The molecule has 188 valence electrons. The highest BCUT2D eigenvalue weighted by atomic mass is 32.1. The molecule has 0 unspecified atom stereocenters. The van der Waals surface area contributed by atoms with Gasteiger partial charge in [-0.3, -0.25) is 4.79 Å². The molecule has 1 aliphatic carbocycles. The summed E-state index contributed by atoms with van der Waals surface area (Å²) in [5, 5.41) is 13.0. The molecule has 35 heavy (non-hydrogen) atoms. The largest absolute Gasteiger partial charge is 0.490 e. The van der Waals surface area contributed by atoms with Crippen LogP contribution in [-0.4, -0.2) is 71.9 Å². The van der Waals surface area contributed by atoms with Crippen molar-refractivity contribution in [2.75, 3.05) is 39.3 Å². The van der Waals surface area contributed by atoms with E-state index in [1.165, 1.54) is 0 Å². The van der Waals surface area contributed by atoms with Crippen molar-refractivity contribution in [1.29, 1.82) is 5.26 Å². The van der Waals surface area contributed by atoms with Gasteiger partial charge in [0.15, 0.2) is 0 Å². The molecule has 3 heterocycles. The van der Waals surface area contributed by atoms with Gasteiger partial charge in [0.25, 0.3) is 5.17 Å². The van der Waals surface area contributed by atoms with Crippen LogP contribution < -0.4 is 10.1 Å². The van der Waals surface area contributed by atoms with Gasteiger partial charge >= 0.3 is 0 Å². The topological polar surface area (TPSA) is 77.8 Å². The van der Waals surface area contributed by atoms with Gasteiger partial charge < -0.3 is 24.6 Å². The summed E-state index contributed by atoms with van der Waals surface area (Å²) in [6.07, 6.45) is 8.00. The zero-order chi connectivity index (χ0) is 24.3. The third-order valence-electron chi connectivity index (χ3n) is 8.27. The van der Waals surface area contributed by atoms with Crippen molar-refractivity contribution in [3.63, 3.8) is 0 Å². The van der Waals surface area contributed by atoms with Crippen molar-refractivity contribution in [3.05, 3.63) is 29.8 Å². The number of hydrogen-bond acceptors (Lipinski definition) is 6. The average Bonchev–Trinajstić information content (AvgIpc) is 3.19. The Labute approximate surface area is 213 Å². The van der Waals surface area contributed by atoms with Crippen LogP contribution in [0.25, 0.3) is 0 Å². The van der Waals surface area contributed by atoms with Gasteiger partial charge in [-0.15, -0.1) is 0 Å². The summed E-state index contributed by atoms with van der Waals surface area (Å²) in [5.74, 6) is 1.86. The van der Waals surface area contributed by atoms with Gasteiger partial charge in [-0.25, -0.2) is 0 Å². The number of ether oxygens (including phenoxy) is 2. The summed E-state index contributed by atoms with van der Waals surface area (Å²) in [7, 11) is 0. The molecular weight excluding hydrogens is 460 g/mol. The number of hydrogen-bond donors (Lipinski definition) is 1. The molecule has 0 aromatic heterocycles. The van der Waals surface area contributed by atoms with Crippen LogP contribution in [0.2, 0.25) is 0 Å². The Morgan fingerprint density at radius 3 is 2.46 bits per heavy atom. The molecule has 1 saturated carbocycles. The normalized spacial score (nSPS) is 26.9. The molecule has 1 spiro atoms. The van der Waals surface area contributed by atoms with Crippen molar-refractivity contribution < 1.29 is 14.3 Å². The van der Waals surface area contributed by atoms with Crippen LogP contribution in [0.4, 0.5) is 0 Å². The lowest BCUT2D eigenvalue weighted by Gasteiger charge is -2.37. The van der Waals surface area contributed by atoms with Crippen LogP contribution in [-0.2, 0) is 9.53 Å². The van der Waals surface area contributed by atoms with Crippen molar-refractivity contribution in [3.8, 4) is 11.8 Å². The highest BCUT2D eigenvalue weighted by Crippen LogP contribution is 2.35. The summed E-state index contributed by atoms with van der Waals surface area (Å²) in [6, 6.07) is 9.38. The highest BCUT2D eigenvalue weighted by molar-refractivity contribution is 7.80. The van der Waals surface area contributed by atoms with Crippen molar-refractivity contribution in [1.82, 2.24) is 15.1 Å². The highest BCUT2D eigenvalue weighted by Gasteiger charge is 2.44. The minimum Gasteiger partial charge on any atom is -0.490 e. The maximum absolute atomic E-state index is 13.2. The predicted molar refractivity (Wildman–Crippen MR) is 137 cm³/mol. The number of nitrogens with zero attached hydrogens (tertiary/aromatic N) is 3. The smallest absolute Gasteiger partial charge is 0.260 e. The Morgan fingerprint density at radius 2 is 1.80 bits per heavy atom. The summed E-state index contributed by atoms with van der Waals surface area (Å²) < 4.78 is 12.3. The second-order valence-electron chi connectivity index (χ2n) is 10.7. The van der Waals surface area contributed by atoms with Crippen molar-refractivity contribution in [2.45, 2.75) is 63.1 Å². The third kappa shape index (κ3) is 5.73. The summed E-state index contributed by atoms with van der Waals surface area (Å²) in [5.41, 5.74) is 0.556. The minimum atomic E-state index is -0.0780. The summed E-state index contributed by atoms with van der Waals surface area (Å²) >= 11 is 5.57. The lowest BCUT2D eigenvalue weighted by molar-refractivity contribution is -0.138. The molecule has 1 aromatic carbocycles. The molecule has 3 aliphatic heterocycles. The molecule has 4 aliphatic rings. The van der Waals surface area contributed by atoms with E-state index in [1.54, 1.807) is 12.1 Å². The quantitative estimate of drug-likeness (QED) is 0.626. The average molecular weight is 497 g/mol. The summed E-state index contributed by atoms with van der Waals surface area (Å²) in [4.78, 5) is 17.5. The van der Waals surface area contributed by atoms with Crippen LogP contribution in [0.15, 0.2) is 24.3 Å². The van der Waals surface area contributed by atoms with Gasteiger partial charge in [-0.1, -0.05) is 0 Å². The van der Waals surface area contributed by atoms with Crippen LogP contribution >= 0.6 is 12.2 Å². The van der Waals surface area contributed by atoms with E-state index < -0.39 is 0 Å². The number of piperidine rings is 2. The molecular formula is C27H36N4O3S. The van der Waals surface area contributed by atoms with Crippen LogP contribution in [0.1, 0.15) is 56.9 Å². The molecule has 3 saturated heterocycles. The predicted octanol–water partition coefficient (Wildman–Crippen LogP) is 3.47. The van der Waals surface area contributed by atoms with E-state index in [4.69, 9.17) is 27.0 Å². The number of nitriles is 1. The molecule has 1 aromatic rings. The molecule has 5 rings (SSSR count). The fourth-order valence-corrected chi connectivity index (χ4v) is 6.45. The standard InChI is InChI=1S/C27H36N4O3S/c28-17-20-3-7-23(8-4-20)33-24-9-15-30(16-10-24)25(32)22-5-1-21(2-6-22)18-31-19-27(34-26(31)35)11-13-29-14-12-27/h3-4,7-8,21-22,24,29H,1-2,5-6,9-16,18-19H2. The SMILES string of the molecule is N#Cc1ccc(OC2CCN(C(=O)C3CCC(CN4CC5(CCNCC5)OC4=S)CC3)CC2)cc1. The van der Waals surface area contributed by atoms with Gasteiger partial charge in [-0.2, -0.15) is 5.26 Å². The first-order valence-electron chi connectivity index (χ1n) is 13.2. The Bertz CT molecular complexity index is 940. The maximum Gasteiger partial charge on any atom is 0.260 e. The van der Waals surface area contributed by atoms with E-state index in [2.05, 4.69) is 16.3 Å². The van der Waals surface area contributed by atoms with Gasteiger partial charge in [-0.05, 0) is 81.2 Å². The van der Waals surface area contributed by atoms with Crippen molar-refractivity contribution in [2.24, 2.45) is 11.8 Å². The molecule has 8 heteroatoms. The van der Waals surface area contributed by atoms with E-state index in [9.17, 15) is 4.79 Å². The lowest BCUT2D eigenvalue weighted by atomic mass is 9.80.